The van der Waals surface area contributed by atoms with E-state index in [1.807, 2.05) is 34.5 Å². The van der Waals surface area contributed by atoms with E-state index >= 15 is 0 Å². The van der Waals surface area contributed by atoms with Crippen molar-refractivity contribution in [2.45, 2.75) is 12.8 Å². The molecule has 27 heavy (non-hydrogen) atoms. The van der Waals surface area contributed by atoms with Gasteiger partial charge in [0.05, 0.1) is 11.3 Å². The number of nitrogens with one attached hydrogen (secondary N) is 1. The summed E-state index contributed by atoms with van der Waals surface area (Å²) in [6, 6.07) is 14.4. The van der Waals surface area contributed by atoms with Gasteiger partial charge < -0.3 is 15.3 Å². The monoisotopic (exact) mass is 379 g/mol. The predicted octanol–water partition coefficient (Wildman–Crippen LogP) is 4.38. The fraction of sp³-hybridized carbons (Fsp3) is 0.150. The van der Waals surface area contributed by atoms with Gasteiger partial charge in [-0.2, -0.15) is 0 Å². The van der Waals surface area contributed by atoms with E-state index in [9.17, 15) is 9.59 Å². The molecule has 2 heterocycles. The highest BCUT2D eigenvalue weighted by Gasteiger charge is 2.22. The van der Waals surface area contributed by atoms with Crippen molar-refractivity contribution >= 4 is 39.7 Å². The number of nitrogens with zero attached hydrogens (tertiary/aromatic N) is 2. The van der Waals surface area contributed by atoms with Crippen LogP contribution in [0.3, 0.4) is 0 Å². The topological polar surface area (TPSA) is 82.5 Å². The van der Waals surface area contributed by atoms with Crippen molar-refractivity contribution in [3.63, 3.8) is 0 Å². The Morgan fingerprint density at radius 3 is 2.70 bits per heavy atom. The highest BCUT2D eigenvalue weighted by molar-refractivity contribution is 7.14. The average Bonchev–Trinajstić information content (AvgIpc) is 3.31. The molecule has 0 atom stereocenters. The number of rotatable bonds is 5. The van der Waals surface area contributed by atoms with Crippen molar-refractivity contribution in [2.75, 3.05) is 16.8 Å². The summed E-state index contributed by atoms with van der Waals surface area (Å²) in [7, 11) is 0. The highest BCUT2D eigenvalue weighted by Crippen LogP contribution is 2.30. The molecule has 4 rings (SSSR count). The van der Waals surface area contributed by atoms with Gasteiger partial charge in [-0.25, -0.2) is 9.78 Å². The molecule has 1 aromatic heterocycles. The normalized spacial score (nSPS) is 13.8. The molecule has 0 unspecified atom stereocenters. The van der Waals surface area contributed by atoms with Gasteiger partial charge in [0.25, 0.3) is 0 Å². The van der Waals surface area contributed by atoms with E-state index in [4.69, 9.17) is 5.11 Å². The lowest BCUT2D eigenvalue weighted by atomic mass is 10.1. The van der Waals surface area contributed by atoms with Crippen LogP contribution in [0.2, 0.25) is 0 Å². The smallest absolute Gasteiger partial charge is 0.335 e. The number of aromatic carboxylic acids is 1. The Bertz CT molecular complexity index is 998. The van der Waals surface area contributed by atoms with Gasteiger partial charge in [-0.1, -0.05) is 12.1 Å². The molecule has 1 amide bonds. The first kappa shape index (κ1) is 17.2. The van der Waals surface area contributed by atoms with E-state index in [0.717, 1.165) is 40.7 Å². The number of amides is 1. The Labute approximate surface area is 160 Å². The summed E-state index contributed by atoms with van der Waals surface area (Å²) in [6.45, 7) is 0.762. The summed E-state index contributed by atoms with van der Waals surface area (Å²) in [5.74, 6) is -0.785. The summed E-state index contributed by atoms with van der Waals surface area (Å²) >= 11 is 1.47. The molecule has 2 N–H and O–H groups in total. The third-order valence-electron chi connectivity index (χ3n) is 4.41. The molecule has 136 valence electrons. The minimum Gasteiger partial charge on any atom is -0.478 e. The third-order valence-corrected chi connectivity index (χ3v) is 5.17. The molecule has 3 aromatic rings. The van der Waals surface area contributed by atoms with Crippen LogP contribution in [-0.4, -0.2) is 28.5 Å². The van der Waals surface area contributed by atoms with Gasteiger partial charge in [-0.15, -0.1) is 11.3 Å². The average molecular weight is 379 g/mol. The maximum absolute atomic E-state index is 12.0. The summed E-state index contributed by atoms with van der Waals surface area (Å²) in [6.07, 6.45) is 1.50. The van der Waals surface area contributed by atoms with Gasteiger partial charge in [0.15, 0.2) is 5.13 Å². The molecular weight excluding hydrogens is 362 g/mol. The number of carboxylic acid groups (broad SMARTS) is 1. The van der Waals surface area contributed by atoms with Crippen LogP contribution in [0.5, 0.6) is 0 Å². The molecule has 1 fully saturated rings. The van der Waals surface area contributed by atoms with E-state index in [1.165, 1.54) is 11.3 Å². The zero-order valence-corrected chi connectivity index (χ0v) is 15.2. The molecule has 0 spiro atoms. The van der Waals surface area contributed by atoms with Gasteiger partial charge in [-0.3, -0.25) is 4.79 Å². The lowest BCUT2D eigenvalue weighted by molar-refractivity contribution is -0.117. The second kappa shape index (κ2) is 7.20. The Balaban J connectivity index is 1.52. The molecule has 2 aromatic carbocycles. The Hall–Kier alpha value is -3.19. The van der Waals surface area contributed by atoms with E-state index in [-0.39, 0.29) is 11.5 Å². The SMILES string of the molecule is O=C(O)c1ccc(Nc2nc(-c3cccc(N4CCCC4=O)c3)cs2)cc1. The third kappa shape index (κ3) is 3.68. The number of anilines is 3. The van der Waals surface area contributed by atoms with Crippen LogP contribution >= 0.6 is 11.3 Å². The maximum atomic E-state index is 12.0. The van der Waals surface area contributed by atoms with Crippen LogP contribution in [0.15, 0.2) is 53.9 Å². The Morgan fingerprint density at radius 2 is 2.00 bits per heavy atom. The van der Waals surface area contributed by atoms with E-state index in [1.54, 1.807) is 24.3 Å². The Morgan fingerprint density at radius 1 is 1.19 bits per heavy atom. The van der Waals surface area contributed by atoms with Crippen LogP contribution in [0.1, 0.15) is 23.2 Å². The van der Waals surface area contributed by atoms with Gasteiger partial charge in [0.1, 0.15) is 0 Å². The first-order chi connectivity index (χ1) is 13.1. The number of thiazole rings is 1. The number of aromatic nitrogens is 1. The number of hydrogen-bond acceptors (Lipinski definition) is 5. The number of carbonyl (C=O) groups excluding carboxylic acids is 1. The van der Waals surface area contributed by atoms with Crippen LogP contribution in [0.4, 0.5) is 16.5 Å². The van der Waals surface area contributed by atoms with E-state index in [0.29, 0.717) is 6.42 Å². The van der Waals surface area contributed by atoms with Crippen LogP contribution in [0.25, 0.3) is 11.3 Å². The number of hydrogen-bond donors (Lipinski definition) is 2. The number of carbonyl (C=O) groups is 2. The molecule has 1 aliphatic heterocycles. The minimum absolute atomic E-state index is 0.164. The number of carboxylic acids is 1. The second-order valence-corrected chi connectivity index (χ2v) is 7.10. The van der Waals surface area contributed by atoms with Gasteiger partial charge in [0, 0.05) is 35.3 Å². The summed E-state index contributed by atoms with van der Waals surface area (Å²) in [4.78, 5) is 29.3. The zero-order valence-electron chi connectivity index (χ0n) is 14.4. The molecule has 7 heteroatoms. The van der Waals surface area contributed by atoms with Gasteiger partial charge >= 0.3 is 5.97 Å². The molecule has 0 aliphatic carbocycles. The van der Waals surface area contributed by atoms with Crippen molar-refractivity contribution < 1.29 is 14.7 Å². The standard InChI is InChI=1S/C20H17N3O3S/c24-18-5-2-10-23(18)16-4-1-3-14(11-16)17-12-27-20(22-17)21-15-8-6-13(7-9-15)19(25)26/h1,3-4,6-9,11-12H,2,5,10H2,(H,21,22)(H,25,26). The molecule has 0 bridgehead atoms. The summed E-state index contributed by atoms with van der Waals surface area (Å²) < 4.78 is 0. The Kier molecular flexibility index (Phi) is 4.60. The van der Waals surface area contributed by atoms with Crippen molar-refractivity contribution in [1.29, 1.82) is 0 Å². The quantitative estimate of drug-likeness (QED) is 0.687. The molecule has 6 nitrogen and oxygen atoms in total. The highest BCUT2D eigenvalue weighted by atomic mass is 32.1. The van der Waals surface area contributed by atoms with Crippen LogP contribution in [-0.2, 0) is 4.79 Å². The zero-order chi connectivity index (χ0) is 18.8. The second-order valence-electron chi connectivity index (χ2n) is 6.24. The fourth-order valence-corrected chi connectivity index (χ4v) is 3.78. The molecule has 0 radical (unpaired) electrons. The van der Waals surface area contributed by atoms with E-state index in [2.05, 4.69) is 10.3 Å². The lowest BCUT2D eigenvalue weighted by Gasteiger charge is -2.16. The van der Waals surface area contributed by atoms with Crippen molar-refractivity contribution in [3.05, 3.63) is 59.5 Å². The summed E-state index contributed by atoms with van der Waals surface area (Å²) in [5, 5.41) is 14.8. The van der Waals surface area contributed by atoms with Crippen molar-refractivity contribution in [1.82, 2.24) is 4.98 Å². The first-order valence-electron chi connectivity index (χ1n) is 8.57. The predicted molar refractivity (Wildman–Crippen MR) is 106 cm³/mol. The molecule has 0 saturated carbocycles. The first-order valence-corrected chi connectivity index (χ1v) is 9.45. The minimum atomic E-state index is -0.950. The molecule has 1 aliphatic rings. The van der Waals surface area contributed by atoms with Crippen molar-refractivity contribution in [2.24, 2.45) is 0 Å². The maximum Gasteiger partial charge on any atom is 0.335 e. The lowest BCUT2D eigenvalue weighted by Crippen LogP contribution is -2.23. The summed E-state index contributed by atoms with van der Waals surface area (Å²) in [5.41, 5.74) is 3.71. The largest absolute Gasteiger partial charge is 0.478 e. The van der Waals surface area contributed by atoms with Crippen molar-refractivity contribution in [3.8, 4) is 11.3 Å². The molecular formula is C20H17N3O3S. The number of benzene rings is 2. The van der Waals surface area contributed by atoms with Gasteiger partial charge in [-0.05, 0) is 42.8 Å². The van der Waals surface area contributed by atoms with Crippen LogP contribution in [0, 0.1) is 0 Å². The van der Waals surface area contributed by atoms with E-state index < -0.39 is 5.97 Å². The van der Waals surface area contributed by atoms with Crippen LogP contribution < -0.4 is 10.2 Å². The van der Waals surface area contributed by atoms with Gasteiger partial charge in [0.2, 0.25) is 5.91 Å². The molecule has 1 saturated heterocycles. The fourth-order valence-electron chi connectivity index (χ4n) is 3.04.